The average molecular weight is 355 g/mol. The predicted octanol–water partition coefficient (Wildman–Crippen LogP) is 3.68. The first-order valence-corrected chi connectivity index (χ1v) is 8.03. The second-order valence-corrected chi connectivity index (χ2v) is 5.84. The van der Waals surface area contributed by atoms with Gasteiger partial charge in [0.2, 0.25) is 11.7 Å². The first-order valence-electron chi connectivity index (χ1n) is 8.03. The third kappa shape index (κ3) is 3.72. The predicted molar refractivity (Wildman–Crippen MR) is 93.3 cm³/mol. The zero-order valence-corrected chi connectivity index (χ0v) is 14.6. The smallest absolute Gasteiger partial charge is 0.252 e. The summed E-state index contributed by atoms with van der Waals surface area (Å²) in [7, 11) is 1.56. The maximum atomic E-state index is 13.0. The molecule has 0 saturated heterocycles. The van der Waals surface area contributed by atoms with E-state index in [0.717, 1.165) is 5.56 Å². The standard InChI is InChI=1S/C19H18FN3O3/c1-11-4-5-14(10-16(11)25-3)18(24)21-12(2)19-22-17(23-26-19)13-6-8-15(20)9-7-13/h4-10,12H,1-3H3,(H,21,24). The Morgan fingerprint density at radius 3 is 2.65 bits per heavy atom. The number of nitrogens with zero attached hydrogens (tertiary/aromatic N) is 2. The summed E-state index contributed by atoms with van der Waals surface area (Å²) in [6, 6.07) is 10.5. The molecular formula is C19H18FN3O3. The van der Waals surface area contributed by atoms with Gasteiger partial charge in [0, 0.05) is 11.1 Å². The zero-order valence-electron chi connectivity index (χ0n) is 14.6. The van der Waals surface area contributed by atoms with E-state index in [4.69, 9.17) is 9.26 Å². The molecule has 0 bridgehead atoms. The lowest BCUT2D eigenvalue weighted by atomic mass is 10.1. The molecule has 3 aromatic rings. The zero-order chi connectivity index (χ0) is 18.7. The van der Waals surface area contributed by atoms with Crippen molar-refractivity contribution in [3.63, 3.8) is 0 Å². The first-order chi connectivity index (χ1) is 12.5. The van der Waals surface area contributed by atoms with Crippen LogP contribution in [0.5, 0.6) is 5.75 Å². The van der Waals surface area contributed by atoms with Crippen LogP contribution in [0.1, 0.15) is 34.8 Å². The lowest BCUT2D eigenvalue weighted by molar-refractivity contribution is 0.0932. The van der Waals surface area contributed by atoms with Crippen molar-refractivity contribution in [3.05, 3.63) is 65.3 Å². The van der Waals surface area contributed by atoms with Crippen molar-refractivity contribution < 1.29 is 18.4 Å². The number of methoxy groups -OCH3 is 1. The fraction of sp³-hybridized carbons (Fsp3) is 0.211. The van der Waals surface area contributed by atoms with Gasteiger partial charge in [-0.05, 0) is 55.8 Å². The SMILES string of the molecule is COc1cc(C(=O)NC(C)c2nc(-c3ccc(F)cc3)no2)ccc1C. The van der Waals surface area contributed by atoms with Gasteiger partial charge in [-0.3, -0.25) is 4.79 Å². The van der Waals surface area contributed by atoms with Gasteiger partial charge < -0.3 is 14.6 Å². The van der Waals surface area contributed by atoms with E-state index in [-0.39, 0.29) is 17.6 Å². The first kappa shape index (κ1) is 17.6. The summed E-state index contributed by atoms with van der Waals surface area (Å²) in [4.78, 5) is 16.7. The molecule has 0 aliphatic carbocycles. The lowest BCUT2D eigenvalue weighted by Crippen LogP contribution is -2.26. The van der Waals surface area contributed by atoms with Crippen molar-refractivity contribution >= 4 is 5.91 Å². The summed E-state index contributed by atoms with van der Waals surface area (Å²) in [6.45, 7) is 3.64. The number of benzene rings is 2. The lowest BCUT2D eigenvalue weighted by Gasteiger charge is -2.11. The summed E-state index contributed by atoms with van der Waals surface area (Å²) in [5, 5.41) is 6.68. The largest absolute Gasteiger partial charge is 0.496 e. The highest BCUT2D eigenvalue weighted by Crippen LogP contribution is 2.21. The van der Waals surface area contributed by atoms with Crippen LogP contribution in [0.25, 0.3) is 11.4 Å². The van der Waals surface area contributed by atoms with E-state index in [9.17, 15) is 9.18 Å². The molecule has 1 N–H and O–H groups in total. The molecule has 6 nitrogen and oxygen atoms in total. The Morgan fingerprint density at radius 1 is 1.23 bits per heavy atom. The number of rotatable bonds is 5. The molecule has 0 aliphatic rings. The highest BCUT2D eigenvalue weighted by Gasteiger charge is 2.18. The van der Waals surface area contributed by atoms with Gasteiger partial charge in [-0.25, -0.2) is 4.39 Å². The molecule has 0 spiro atoms. The number of hydrogen-bond donors (Lipinski definition) is 1. The Bertz CT molecular complexity index is 922. The minimum absolute atomic E-state index is 0.261. The molecule has 0 radical (unpaired) electrons. The maximum Gasteiger partial charge on any atom is 0.252 e. The third-order valence-corrected chi connectivity index (χ3v) is 3.93. The molecule has 1 aromatic heterocycles. The summed E-state index contributed by atoms with van der Waals surface area (Å²) in [6.07, 6.45) is 0. The molecule has 0 aliphatic heterocycles. The van der Waals surface area contributed by atoms with Crippen LogP contribution in [0.3, 0.4) is 0 Å². The third-order valence-electron chi connectivity index (χ3n) is 3.93. The Kier molecular flexibility index (Phi) is 4.97. The molecule has 1 atom stereocenters. The van der Waals surface area contributed by atoms with Crippen molar-refractivity contribution in [2.45, 2.75) is 19.9 Å². The van der Waals surface area contributed by atoms with Gasteiger partial charge in [0.25, 0.3) is 5.91 Å². The van der Waals surface area contributed by atoms with Crippen LogP contribution in [0.4, 0.5) is 4.39 Å². The van der Waals surface area contributed by atoms with Crippen LogP contribution in [0, 0.1) is 12.7 Å². The van der Waals surface area contributed by atoms with Gasteiger partial charge in [0.05, 0.1) is 7.11 Å². The molecule has 134 valence electrons. The van der Waals surface area contributed by atoms with Crippen LogP contribution in [0.15, 0.2) is 47.0 Å². The van der Waals surface area contributed by atoms with Crippen LogP contribution in [-0.2, 0) is 0 Å². The molecule has 2 aromatic carbocycles. The summed E-state index contributed by atoms with van der Waals surface area (Å²) < 4.78 is 23.5. The fourth-order valence-corrected chi connectivity index (χ4v) is 2.43. The maximum absolute atomic E-state index is 13.0. The summed E-state index contributed by atoms with van der Waals surface area (Å²) >= 11 is 0. The highest BCUT2D eigenvalue weighted by molar-refractivity contribution is 5.94. The van der Waals surface area contributed by atoms with Gasteiger partial charge in [-0.2, -0.15) is 4.98 Å². The Balaban J connectivity index is 1.73. The van der Waals surface area contributed by atoms with Crippen molar-refractivity contribution in [1.29, 1.82) is 0 Å². The number of carbonyl (C=O) groups excluding carboxylic acids is 1. The second-order valence-electron chi connectivity index (χ2n) is 5.84. The average Bonchev–Trinajstić information content (AvgIpc) is 3.13. The van der Waals surface area contributed by atoms with Gasteiger partial charge in [0.1, 0.15) is 17.6 Å². The normalized spacial score (nSPS) is 11.8. The molecule has 7 heteroatoms. The molecule has 1 amide bonds. The van der Waals surface area contributed by atoms with Gasteiger partial charge >= 0.3 is 0 Å². The van der Waals surface area contributed by atoms with E-state index in [1.807, 2.05) is 13.0 Å². The van der Waals surface area contributed by atoms with Crippen molar-refractivity contribution in [2.24, 2.45) is 0 Å². The van der Waals surface area contributed by atoms with E-state index in [2.05, 4.69) is 15.5 Å². The molecule has 0 saturated carbocycles. The van der Waals surface area contributed by atoms with Crippen molar-refractivity contribution in [1.82, 2.24) is 15.5 Å². The van der Waals surface area contributed by atoms with Gasteiger partial charge in [-0.15, -0.1) is 0 Å². The Hall–Kier alpha value is -3.22. The molecular weight excluding hydrogens is 337 g/mol. The van der Waals surface area contributed by atoms with E-state index < -0.39 is 6.04 Å². The van der Waals surface area contributed by atoms with Crippen LogP contribution >= 0.6 is 0 Å². The number of amides is 1. The van der Waals surface area contributed by atoms with E-state index in [1.54, 1.807) is 38.3 Å². The van der Waals surface area contributed by atoms with E-state index in [0.29, 0.717) is 22.7 Å². The van der Waals surface area contributed by atoms with Crippen molar-refractivity contribution in [2.75, 3.05) is 7.11 Å². The topological polar surface area (TPSA) is 77.2 Å². The highest BCUT2D eigenvalue weighted by atomic mass is 19.1. The minimum Gasteiger partial charge on any atom is -0.496 e. The second kappa shape index (κ2) is 7.35. The number of halogens is 1. The van der Waals surface area contributed by atoms with Crippen LogP contribution in [-0.4, -0.2) is 23.2 Å². The number of nitrogens with one attached hydrogen (secondary N) is 1. The summed E-state index contributed by atoms with van der Waals surface area (Å²) in [5.41, 5.74) is 2.04. The monoisotopic (exact) mass is 355 g/mol. The van der Waals surface area contributed by atoms with E-state index in [1.165, 1.54) is 12.1 Å². The van der Waals surface area contributed by atoms with Crippen LogP contribution in [0.2, 0.25) is 0 Å². The number of carbonyl (C=O) groups is 1. The Labute approximate surface area is 150 Å². The van der Waals surface area contributed by atoms with Gasteiger partial charge in [0.15, 0.2) is 0 Å². The number of aryl methyl sites for hydroxylation is 1. The van der Waals surface area contributed by atoms with Crippen LogP contribution < -0.4 is 10.1 Å². The quantitative estimate of drug-likeness (QED) is 0.755. The number of hydrogen-bond acceptors (Lipinski definition) is 5. The Morgan fingerprint density at radius 2 is 1.96 bits per heavy atom. The summed E-state index contributed by atoms with van der Waals surface area (Å²) in [5.74, 6) is 0.612. The molecule has 1 unspecified atom stereocenters. The molecule has 0 fully saturated rings. The van der Waals surface area contributed by atoms with E-state index >= 15 is 0 Å². The van der Waals surface area contributed by atoms with Gasteiger partial charge in [-0.1, -0.05) is 11.2 Å². The molecule has 3 rings (SSSR count). The fourth-order valence-electron chi connectivity index (χ4n) is 2.43. The molecule has 1 heterocycles. The number of aromatic nitrogens is 2. The minimum atomic E-state index is -0.489. The van der Waals surface area contributed by atoms with Crippen molar-refractivity contribution in [3.8, 4) is 17.1 Å². The number of ether oxygens (including phenoxy) is 1. The molecule has 26 heavy (non-hydrogen) atoms.